The number of fused-ring (bicyclic) bond motifs is 1. The minimum Gasteiger partial charge on any atom is -0.308 e. The summed E-state index contributed by atoms with van der Waals surface area (Å²) in [5, 5.41) is 8.00. The Bertz CT molecular complexity index is 1590. The topological polar surface area (TPSA) is 89.6 Å². The van der Waals surface area contributed by atoms with E-state index in [2.05, 4.69) is 32.8 Å². The standard InChI is InChI=1S/C30H26IN5O3/c1-20(2)36(23-14-12-21(31)13-15-23)28(37)19-34-16-17-35(22-8-4-3-5-9-22)30(39)25(29(34)38)18-27-24-10-6-7-11-26(24)32-33-27/h3-18,20H,19H2,1-2H3,(H,32,33). The van der Waals surface area contributed by atoms with Crippen molar-refractivity contribution in [2.75, 3.05) is 16.3 Å². The number of aromatic nitrogens is 2. The second-order valence-electron chi connectivity index (χ2n) is 9.29. The number of nitrogens with one attached hydrogen (secondary N) is 1. The lowest BCUT2D eigenvalue weighted by Crippen LogP contribution is -2.44. The number of halogens is 1. The Kier molecular flexibility index (Phi) is 7.60. The van der Waals surface area contributed by atoms with Gasteiger partial charge in [0.25, 0.3) is 11.8 Å². The van der Waals surface area contributed by atoms with Crippen LogP contribution < -0.4 is 9.80 Å². The fourth-order valence-electron chi connectivity index (χ4n) is 4.49. The molecule has 196 valence electrons. The molecule has 0 aliphatic carbocycles. The SMILES string of the molecule is CC(C)N(C(=O)CN1C=CN(c2ccccc2)C(=O)C(=Cc2[nH]nc3ccccc23)C1=O)c1ccc(I)cc1. The Morgan fingerprint density at radius 3 is 2.36 bits per heavy atom. The van der Waals surface area contributed by atoms with Crippen molar-refractivity contribution in [2.24, 2.45) is 0 Å². The highest BCUT2D eigenvalue weighted by atomic mass is 127. The number of carbonyl (C=O) groups is 3. The van der Waals surface area contributed by atoms with Crippen molar-refractivity contribution in [1.82, 2.24) is 15.1 Å². The van der Waals surface area contributed by atoms with Gasteiger partial charge in [0, 0.05) is 38.8 Å². The maximum atomic E-state index is 13.9. The summed E-state index contributed by atoms with van der Waals surface area (Å²) >= 11 is 2.22. The third-order valence-electron chi connectivity index (χ3n) is 6.35. The van der Waals surface area contributed by atoms with Crippen LogP contribution in [0.25, 0.3) is 17.0 Å². The van der Waals surface area contributed by atoms with E-state index < -0.39 is 11.8 Å². The molecule has 9 heteroatoms. The monoisotopic (exact) mass is 631 g/mol. The van der Waals surface area contributed by atoms with Gasteiger partial charge in [-0.2, -0.15) is 5.10 Å². The number of benzene rings is 3. The lowest BCUT2D eigenvalue weighted by molar-refractivity contribution is -0.131. The minimum atomic E-state index is -0.576. The lowest BCUT2D eigenvalue weighted by atomic mass is 10.1. The second-order valence-corrected chi connectivity index (χ2v) is 10.5. The number of amides is 3. The molecule has 1 aromatic heterocycles. The fourth-order valence-corrected chi connectivity index (χ4v) is 4.85. The van der Waals surface area contributed by atoms with E-state index in [4.69, 9.17) is 0 Å². The summed E-state index contributed by atoms with van der Waals surface area (Å²) in [6.07, 6.45) is 4.53. The van der Waals surface area contributed by atoms with Gasteiger partial charge in [0.2, 0.25) is 5.91 Å². The average Bonchev–Trinajstić information content (AvgIpc) is 3.30. The van der Waals surface area contributed by atoms with E-state index in [1.54, 1.807) is 17.0 Å². The highest BCUT2D eigenvalue weighted by molar-refractivity contribution is 14.1. The summed E-state index contributed by atoms with van der Waals surface area (Å²) in [6, 6.07) is 24.0. The van der Waals surface area contributed by atoms with Gasteiger partial charge in [0.1, 0.15) is 12.1 Å². The molecule has 39 heavy (non-hydrogen) atoms. The average molecular weight is 631 g/mol. The van der Waals surface area contributed by atoms with Crippen LogP contribution >= 0.6 is 22.6 Å². The van der Waals surface area contributed by atoms with E-state index >= 15 is 0 Å². The van der Waals surface area contributed by atoms with Crippen LogP contribution in [0.2, 0.25) is 0 Å². The number of H-pyrrole nitrogens is 1. The van der Waals surface area contributed by atoms with Crippen molar-refractivity contribution >= 4 is 68.7 Å². The van der Waals surface area contributed by atoms with Gasteiger partial charge >= 0.3 is 0 Å². The van der Waals surface area contributed by atoms with E-state index in [-0.39, 0.29) is 24.1 Å². The summed E-state index contributed by atoms with van der Waals surface area (Å²) in [6.45, 7) is 3.60. The molecule has 2 heterocycles. The van der Waals surface area contributed by atoms with Crippen molar-refractivity contribution in [3.8, 4) is 0 Å². The van der Waals surface area contributed by atoms with Crippen LogP contribution in [0.3, 0.4) is 0 Å². The van der Waals surface area contributed by atoms with Crippen LogP contribution in [0.5, 0.6) is 0 Å². The Labute approximate surface area is 239 Å². The summed E-state index contributed by atoms with van der Waals surface area (Å²) in [5.74, 6) is -1.35. The van der Waals surface area contributed by atoms with Crippen molar-refractivity contribution < 1.29 is 14.4 Å². The van der Waals surface area contributed by atoms with E-state index in [0.717, 1.165) is 14.6 Å². The summed E-state index contributed by atoms with van der Waals surface area (Å²) in [4.78, 5) is 45.6. The number of hydrogen-bond donors (Lipinski definition) is 1. The Balaban J connectivity index is 1.54. The summed E-state index contributed by atoms with van der Waals surface area (Å²) in [7, 11) is 0. The van der Waals surface area contributed by atoms with Crippen LogP contribution in [0, 0.1) is 3.57 Å². The van der Waals surface area contributed by atoms with Crippen LogP contribution in [0.4, 0.5) is 11.4 Å². The van der Waals surface area contributed by atoms with Crippen LogP contribution in [0.1, 0.15) is 19.5 Å². The Hall–Kier alpha value is -4.25. The molecule has 4 aromatic rings. The Morgan fingerprint density at radius 2 is 1.64 bits per heavy atom. The number of carbonyl (C=O) groups excluding carboxylic acids is 3. The van der Waals surface area contributed by atoms with Gasteiger partial charge in [-0.3, -0.25) is 24.4 Å². The smallest absolute Gasteiger partial charge is 0.268 e. The van der Waals surface area contributed by atoms with E-state index in [0.29, 0.717) is 16.9 Å². The molecule has 3 aromatic carbocycles. The van der Waals surface area contributed by atoms with Gasteiger partial charge in [-0.05, 0) is 85.0 Å². The first kappa shape index (κ1) is 26.4. The largest absolute Gasteiger partial charge is 0.308 e. The molecule has 1 aliphatic rings. The number of anilines is 2. The van der Waals surface area contributed by atoms with E-state index in [1.165, 1.54) is 28.3 Å². The molecular weight excluding hydrogens is 605 g/mol. The number of aromatic amines is 1. The predicted octanol–water partition coefficient (Wildman–Crippen LogP) is 5.34. The maximum absolute atomic E-state index is 13.9. The highest BCUT2D eigenvalue weighted by Crippen LogP contribution is 2.26. The molecule has 3 amide bonds. The van der Waals surface area contributed by atoms with Crippen molar-refractivity contribution in [3.63, 3.8) is 0 Å². The van der Waals surface area contributed by atoms with Gasteiger partial charge in [0.15, 0.2) is 0 Å². The molecule has 0 fully saturated rings. The third-order valence-corrected chi connectivity index (χ3v) is 7.06. The van der Waals surface area contributed by atoms with E-state index in [9.17, 15) is 14.4 Å². The quantitative estimate of drug-likeness (QED) is 0.177. The van der Waals surface area contributed by atoms with E-state index in [1.807, 2.05) is 80.6 Å². The lowest BCUT2D eigenvalue weighted by Gasteiger charge is -2.29. The molecule has 8 nitrogen and oxygen atoms in total. The minimum absolute atomic E-state index is 0.0867. The zero-order valence-electron chi connectivity index (χ0n) is 21.4. The fraction of sp³-hybridized carbons (Fsp3) is 0.133. The van der Waals surface area contributed by atoms with Gasteiger partial charge in [-0.25, -0.2) is 0 Å². The number of hydrogen-bond acceptors (Lipinski definition) is 4. The normalized spacial score (nSPS) is 14.9. The third kappa shape index (κ3) is 5.49. The number of rotatable bonds is 6. The molecular formula is C30H26IN5O3. The molecule has 0 bridgehead atoms. The molecule has 0 unspecified atom stereocenters. The van der Waals surface area contributed by atoms with Gasteiger partial charge < -0.3 is 9.80 Å². The molecule has 0 spiro atoms. The van der Waals surface area contributed by atoms with Crippen LogP contribution in [-0.4, -0.2) is 45.4 Å². The Morgan fingerprint density at radius 1 is 0.949 bits per heavy atom. The maximum Gasteiger partial charge on any atom is 0.268 e. The van der Waals surface area contributed by atoms with Gasteiger partial charge in [-0.1, -0.05) is 36.4 Å². The first-order chi connectivity index (χ1) is 18.8. The zero-order valence-corrected chi connectivity index (χ0v) is 23.6. The van der Waals surface area contributed by atoms with Gasteiger partial charge in [-0.15, -0.1) is 0 Å². The predicted molar refractivity (Wildman–Crippen MR) is 161 cm³/mol. The number of para-hydroxylation sites is 2. The van der Waals surface area contributed by atoms with Crippen molar-refractivity contribution in [2.45, 2.75) is 19.9 Å². The molecule has 0 atom stereocenters. The molecule has 0 saturated carbocycles. The second kappa shape index (κ2) is 11.2. The summed E-state index contributed by atoms with van der Waals surface area (Å²) < 4.78 is 1.05. The first-order valence-corrected chi connectivity index (χ1v) is 13.5. The summed E-state index contributed by atoms with van der Waals surface area (Å²) in [5.41, 5.74) is 2.50. The molecule has 0 saturated heterocycles. The highest BCUT2D eigenvalue weighted by Gasteiger charge is 2.33. The van der Waals surface area contributed by atoms with Gasteiger partial charge in [0.05, 0.1) is 11.2 Å². The molecule has 1 aliphatic heterocycles. The molecule has 1 N–H and O–H groups in total. The van der Waals surface area contributed by atoms with Crippen LogP contribution in [0.15, 0.2) is 96.8 Å². The molecule has 0 radical (unpaired) electrons. The van der Waals surface area contributed by atoms with Crippen molar-refractivity contribution in [1.29, 1.82) is 0 Å². The number of nitrogens with zero attached hydrogens (tertiary/aromatic N) is 4. The molecule has 5 rings (SSSR count). The van der Waals surface area contributed by atoms with Crippen molar-refractivity contribution in [3.05, 3.63) is 106 Å². The zero-order chi connectivity index (χ0) is 27.5. The first-order valence-electron chi connectivity index (χ1n) is 12.4. The van der Waals surface area contributed by atoms with Crippen LogP contribution in [-0.2, 0) is 14.4 Å².